The summed E-state index contributed by atoms with van der Waals surface area (Å²) in [5.41, 5.74) is 0.740. The number of aryl methyl sites for hydroxylation is 2. The molecule has 0 bridgehead atoms. The number of carbonyl (C=O) groups is 1. The molecule has 1 N–H and O–H groups in total. The van der Waals surface area contributed by atoms with Crippen molar-refractivity contribution in [1.82, 2.24) is 9.55 Å². The number of rotatable bonds is 1. The first-order chi connectivity index (χ1) is 5.15. The highest BCUT2D eigenvalue weighted by atomic mass is 16.4. The molecule has 0 amide bonds. The second-order valence-electron chi connectivity index (χ2n) is 2.30. The van der Waals surface area contributed by atoms with E-state index >= 15 is 0 Å². The molecule has 0 spiro atoms. The van der Waals surface area contributed by atoms with Crippen molar-refractivity contribution < 1.29 is 9.90 Å². The van der Waals surface area contributed by atoms with Gasteiger partial charge in [0.05, 0.1) is 5.69 Å². The third-order valence-electron chi connectivity index (χ3n) is 1.42. The van der Waals surface area contributed by atoms with Crippen LogP contribution in [-0.2, 0) is 6.42 Å². The molecule has 0 saturated heterocycles. The minimum absolute atomic E-state index is 0.593. The quantitative estimate of drug-likeness (QED) is 0.662. The van der Waals surface area contributed by atoms with Crippen molar-refractivity contribution in [2.75, 3.05) is 0 Å². The molecule has 0 fully saturated rings. The van der Waals surface area contributed by atoms with Crippen molar-refractivity contribution in [1.29, 1.82) is 0 Å². The fourth-order valence-electron chi connectivity index (χ4n) is 0.963. The molecule has 0 aliphatic carbocycles. The van der Waals surface area contributed by atoms with E-state index in [1.165, 1.54) is 6.20 Å². The average molecular weight is 154 g/mol. The van der Waals surface area contributed by atoms with Gasteiger partial charge in [0.1, 0.15) is 5.82 Å². The van der Waals surface area contributed by atoms with Gasteiger partial charge in [-0.1, -0.05) is 6.92 Å². The van der Waals surface area contributed by atoms with Crippen LogP contribution in [0, 0.1) is 6.92 Å². The van der Waals surface area contributed by atoms with Crippen LogP contribution < -0.4 is 0 Å². The molecule has 0 unspecified atom stereocenters. The van der Waals surface area contributed by atoms with E-state index in [4.69, 9.17) is 5.11 Å². The number of aromatic nitrogens is 2. The van der Waals surface area contributed by atoms with Gasteiger partial charge in [0.2, 0.25) is 0 Å². The SMILES string of the molecule is CCc1nc(C)cn1C(=O)O. The Balaban J connectivity index is 3.12. The summed E-state index contributed by atoms with van der Waals surface area (Å²) in [6.07, 6.45) is 1.18. The van der Waals surface area contributed by atoms with Gasteiger partial charge in [-0.05, 0) is 6.92 Å². The van der Waals surface area contributed by atoms with Crippen LogP contribution in [0.15, 0.2) is 6.20 Å². The molecule has 0 aromatic carbocycles. The molecule has 0 saturated carbocycles. The Morgan fingerprint density at radius 2 is 2.45 bits per heavy atom. The summed E-state index contributed by atoms with van der Waals surface area (Å²) in [7, 11) is 0. The Labute approximate surface area is 64.5 Å². The van der Waals surface area contributed by atoms with E-state index in [2.05, 4.69) is 4.98 Å². The highest BCUT2D eigenvalue weighted by molar-refractivity contribution is 5.68. The molecule has 0 aliphatic rings. The first kappa shape index (κ1) is 7.78. The maximum Gasteiger partial charge on any atom is 0.417 e. The van der Waals surface area contributed by atoms with Gasteiger partial charge in [0.25, 0.3) is 0 Å². The van der Waals surface area contributed by atoms with E-state index in [9.17, 15) is 4.79 Å². The van der Waals surface area contributed by atoms with Crippen molar-refractivity contribution in [3.05, 3.63) is 17.7 Å². The lowest BCUT2D eigenvalue weighted by Gasteiger charge is -1.95. The molecule has 0 radical (unpaired) electrons. The van der Waals surface area contributed by atoms with E-state index in [0.717, 1.165) is 10.3 Å². The van der Waals surface area contributed by atoms with Crippen molar-refractivity contribution >= 4 is 6.09 Å². The molecule has 0 atom stereocenters. The molecule has 1 aromatic rings. The summed E-state index contributed by atoms with van der Waals surface area (Å²) in [6.45, 7) is 3.65. The number of nitrogens with zero attached hydrogens (tertiary/aromatic N) is 2. The summed E-state index contributed by atoms with van der Waals surface area (Å²) in [5.74, 6) is 0.593. The van der Waals surface area contributed by atoms with Gasteiger partial charge in [0, 0.05) is 12.6 Å². The van der Waals surface area contributed by atoms with Crippen LogP contribution in [0.25, 0.3) is 0 Å². The van der Waals surface area contributed by atoms with Crippen LogP contribution in [0.4, 0.5) is 4.79 Å². The topological polar surface area (TPSA) is 55.1 Å². The highest BCUT2D eigenvalue weighted by Crippen LogP contribution is 2.02. The van der Waals surface area contributed by atoms with Crippen LogP contribution in [0.3, 0.4) is 0 Å². The standard InChI is InChI=1S/C7H10N2O2/c1-3-6-8-5(2)4-9(6)7(10)11/h4H,3H2,1-2H3,(H,10,11). The lowest BCUT2D eigenvalue weighted by molar-refractivity contribution is 0.195. The van der Waals surface area contributed by atoms with Gasteiger partial charge in [-0.2, -0.15) is 0 Å². The van der Waals surface area contributed by atoms with Gasteiger partial charge in [-0.15, -0.1) is 0 Å². The zero-order valence-corrected chi connectivity index (χ0v) is 6.53. The van der Waals surface area contributed by atoms with E-state index in [1.807, 2.05) is 6.92 Å². The maximum absolute atomic E-state index is 10.5. The lowest BCUT2D eigenvalue weighted by Crippen LogP contribution is -2.10. The molecule has 1 aromatic heterocycles. The molecule has 11 heavy (non-hydrogen) atoms. The van der Waals surface area contributed by atoms with E-state index < -0.39 is 6.09 Å². The number of carboxylic acid groups (broad SMARTS) is 1. The van der Waals surface area contributed by atoms with Crippen LogP contribution in [0.1, 0.15) is 18.4 Å². The van der Waals surface area contributed by atoms with E-state index in [1.54, 1.807) is 6.92 Å². The number of imidazole rings is 1. The summed E-state index contributed by atoms with van der Waals surface area (Å²) >= 11 is 0. The predicted molar refractivity (Wildman–Crippen MR) is 39.8 cm³/mol. The summed E-state index contributed by atoms with van der Waals surface area (Å²) in [4.78, 5) is 14.5. The zero-order valence-electron chi connectivity index (χ0n) is 6.53. The first-order valence-corrected chi connectivity index (χ1v) is 3.43. The Kier molecular flexibility index (Phi) is 1.94. The van der Waals surface area contributed by atoms with Crippen LogP contribution in [0.5, 0.6) is 0 Å². The largest absolute Gasteiger partial charge is 0.464 e. The zero-order chi connectivity index (χ0) is 8.43. The summed E-state index contributed by atoms with van der Waals surface area (Å²) in [6, 6.07) is 0. The van der Waals surface area contributed by atoms with Crippen LogP contribution in [0.2, 0.25) is 0 Å². The summed E-state index contributed by atoms with van der Waals surface area (Å²) < 4.78 is 1.15. The third kappa shape index (κ3) is 1.39. The van der Waals surface area contributed by atoms with Gasteiger partial charge in [0.15, 0.2) is 0 Å². The Morgan fingerprint density at radius 1 is 1.82 bits per heavy atom. The van der Waals surface area contributed by atoms with Crippen LogP contribution >= 0.6 is 0 Å². The third-order valence-corrected chi connectivity index (χ3v) is 1.42. The van der Waals surface area contributed by atoms with Crippen molar-refractivity contribution in [3.63, 3.8) is 0 Å². The second-order valence-corrected chi connectivity index (χ2v) is 2.30. The molecular weight excluding hydrogens is 144 g/mol. The second kappa shape index (κ2) is 2.74. The van der Waals surface area contributed by atoms with Gasteiger partial charge in [-0.25, -0.2) is 14.3 Å². The normalized spacial score (nSPS) is 10.0. The average Bonchev–Trinajstić information content (AvgIpc) is 2.30. The van der Waals surface area contributed by atoms with Crippen molar-refractivity contribution in [2.24, 2.45) is 0 Å². The maximum atomic E-state index is 10.5. The fourth-order valence-corrected chi connectivity index (χ4v) is 0.963. The molecule has 0 aliphatic heterocycles. The number of hydrogen-bond acceptors (Lipinski definition) is 2. The van der Waals surface area contributed by atoms with Gasteiger partial charge < -0.3 is 5.11 Å². The highest BCUT2D eigenvalue weighted by Gasteiger charge is 2.07. The molecule has 1 heterocycles. The van der Waals surface area contributed by atoms with Gasteiger partial charge >= 0.3 is 6.09 Å². The predicted octanol–water partition coefficient (Wildman–Crippen LogP) is 1.28. The molecule has 1 rings (SSSR count). The minimum Gasteiger partial charge on any atom is -0.464 e. The molecule has 4 heteroatoms. The first-order valence-electron chi connectivity index (χ1n) is 3.43. The Morgan fingerprint density at radius 3 is 2.82 bits per heavy atom. The smallest absolute Gasteiger partial charge is 0.417 e. The van der Waals surface area contributed by atoms with Crippen LogP contribution in [-0.4, -0.2) is 20.8 Å². The summed E-state index contributed by atoms with van der Waals surface area (Å²) in [5, 5.41) is 8.63. The van der Waals surface area contributed by atoms with E-state index in [0.29, 0.717) is 12.2 Å². The molecule has 4 nitrogen and oxygen atoms in total. The Bertz CT molecular complexity index is 278. The lowest BCUT2D eigenvalue weighted by atomic mass is 10.4. The molecule has 60 valence electrons. The minimum atomic E-state index is -0.970. The molecular formula is C7H10N2O2. The monoisotopic (exact) mass is 154 g/mol. The van der Waals surface area contributed by atoms with Gasteiger partial charge in [-0.3, -0.25) is 0 Å². The van der Waals surface area contributed by atoms with Crippen molar-refractivity contribution in [2.45, 2.75) is 20.3 Å². The Hall–Kier alpha value is -1.32. The number of hydrogen-bond donors (Lipinski definition) is 1. The van der Waals surface area contributed by atoms with Crippen molar-refractivity contribution in [3.8, 4) is 0 Å². The van der Waals surface area contributed by atoms with E-state index in [-0.39, 0.29) is 0 Å². The fraction of sp³-hybridized carbons (Fsp3) is 0.429.